The van der Waals surface area contributed by atoms with Crippen molar-refractivity contribution in [1.82, 2.24) is 4.90 Å². The van der Waals surface area contributed by atoms with Gasteiger partial charge in [-0.05, 0) is 23.4 Å². The van der Waals surface area contributed by atoms with Crippen LogP contribution in [0.5, 0.6) is 0 Å². The fraction of sp³-hybridized carbons (Fsp3) is 0.545. The van der Waals surface area contributed by atoms with Crippen LogP contribution in [-0.4, -0.2) is 52.0 Å². The van der Waals surface area contributed by atoms with Crippen molar-refractivity contribution in [1.29, 1.82) is 0 Å². The van der Waals surface area contributed by atoms with Gasteiger partial charge in [-0.15, -0.1) is 11.3 Å². The Kier molecular flexibility index (Phi) is 3.78. The van der Waals surface area contributed by atoms with Gasteiger partial charge in [-0.3, -0.25) is 9.69 Å². The van der Waals surface area contributed by atoms with Crippen molar-refractivity contribution < 1.29 is 20.1 Å². The lowest BCUT2D eigenvalue weighted by molar-refractivity contribution is -0.144. The average Bonchev–Trinajstić information content (AvgIpc) is 2.75. The lowest BCUT2D eigenvalue weighted by atomic mass is 9.99. The molecule has 0 fully saturated rings. The third-order valence-electron chi connectivity index (χ3n) is 2.96. The summed E-state index contributed by atoms with van der Waals surface area (Å²) in [5.41, 5.74) is 0.818. The van der Waals surface area contributed by atoms with E-state index in [1.54, 1.807) is 16.2 Å². The van der Waals surface area contributed by atoms with Gasteiger partial charge in [0, 0.05) is 18.0 Å². The van der Waals surface area contributed by atoms with E-state index in [1.165, 1.54) is 0 Å². The van der Waals surface area contributed by atoms with Crippen molar-refractivity contribution in [2.24, 2.45) is 0 Å². The van der Waals surface area contributed by atoms with E-state index in [0.717, 1.165) is 16.9 Å². The zero-order valence-electron chi connectivity index (χ0n) is 9.24. The number of hydrogen-bond donors (Lipinski definition) is 3. The Balaban J connectivity index is 2.21. The molecule has 3 N–H and O–H groups in total. The molecule has 0 bridgehead atoms. The average molecular weight is 257 g/mol. The summed E-state index contributed by atoms with van der Waals surface area (Å²) < 4.78 is 0. The molecule has 17 heavy (non-hydrogen) atoms. The molecule has 94 valence electrons. The Morgan fingerprint density at radius 1 is 1.65 bits per heavy atom. The number of carboxylic acids is 1. The molecule has 2 atom stereocenters. The number of carbonyl (C=O) groups is 1. The van der Waals surface area contributed by atoms with Gasteiger partial charge in [0.1, 0.15) is 6.04 Å². The van der Waals surface area contributed by atoms with Crippen LogP contribution in [-0.2, 0) is 11.2 Å². The number of rotatable bonds is 4. The van der Waals surface area contributed by atoms with Crippen molar-refractivity contribution in [2.45, 2.75) is 18.6 Å². The third kappa shape index (κ3) is 2.50. The van der Waals surface area contributed by atoms with Crippen molar-refractivity contribution in [3.8, 4) is 0 Å². The van der Waals surface area contributed by atoms with Gasteiger partial charge in [-0.2, -0.15) is 0 Å². The van der Waals surface area contributed by atoms with Gasteiger partial charge >= 0.3 is 5.97 Å². The summed E-state index contributed by atoms with van der Waals surface area (Å²) in [6.07, 6.45) is -0.0911. The summed E-state index contributed by atoms with van der Waals surface area (Å²) in [4.78, 5) is 14.1. The Labute approximate surface area is 103 Å². The first kappa shape index (κ1) is 12.5. The van der Waals surface area contributed by atoms with Crippen LogP contribution >= 0.6 is 11.3 Å². The maximum Gasteiger partial charge on any atom is 0.325 e. The number of carboxylic acid groups (broad SMARTS) is 1. The molecule has 0 amide bonds. The molecular weight excluding hydrogens is 242 g/mol. The van der Waals surface area contributed by atoms with E-state index >= 15 is 0 Å². The third-order valence-corrected chi connectivity index (χ3v) is 3.95. The lowest BCUT2D eigenvalue weighted by Gasteiger charge is -2.34. The second-order valence-electron chi connectivity index (χ2n) is 4.12. The second-order valence-corrected chi connectivity index (χ2v) is 5.12. The van der Waals surface area contributed by atoms with Gasteiger partial charge in [0.25, 0.3) is 0 Å². The number of nitrogens with zero attached hydrogens (tertiary/aromatic N) is 1. The first-order valence-corrected chi connectivity index (χ1v) is 6.33. The smallest absolute Gasteiger partial charge is 0.325 e. The molecular formula is C11H15NO4S. The van der Waals surface area contributed by atoms with Gasteiger partial charge in [-0.25, -0.2) is 0 Å². The summed E-state index contributed by atoms with van der Waals surface area (Å²) >= 11 is 1.57. The monoisotopic (exact) mass is 257 g/mol. The van der Waals surface area contributed by atoms with Gasteiger partial charge in [0.05, 0.1) is 12.7 Å². The largest absolute Gasteiger partial charge is 0.480 e. The molecule has 0 saturated heterocycles. The Morgan fingerprint density at radius 3 is 3.06 bits per heavy atom. The van der Waals surface area contributed by atoms with Crippen molar-refractivity contribution >= 4 is 17.3 Å². The normalized spacial score (nSPS) is 22.1. The van der Waals surface area contributed by atoms with Crippen molar-refractivity contribution in [3.63, 3.8) is 0 Å². The minimum Gasteiger partial charge on any atom is -0.480 e. The van der Waals surface area contributed by atoms with Crippen molar-refractivity contribution in [2.75, 3.05) is 19.7 Å². The Morgan fingerprint density at radius 2 is 2.41 bits per heavy atom. The second kappa shape index (κ2) is 5.14. The molecule has 2 unspecified atom stereocenters. The van der Waals surface area contributed by atoms with Crippen LogP contribution in [0, 0.1) is 0 Å². The summed E-state index contributed by atoms with van der Waals surface area (Å²) in [6, 6.07) is 1.13. The fourth-order valence-corrected chi connectivity index (χ4v) is 3.09. The predicted octanol–water partition coefficient (Wildman–Crippen LogP) is 0.0851. The van der Waals surface area contributed by atoms with Crippen molar-refractivity contribution in [3.05, 3.63) is 21.9 Å². The Bertz CT molecular complexity index is 406. The summed E-state index contributed by atoms with van der Waals surface area (Å²) in [7, 11) is 0. The molecule has 2 rings (SSSR count). The van der Waals surface area contributed by atoms with E-state index < -0.39 is 18.1 Å². The highest BCUT2D eigenvalue weighted by molar-refractivity contribution is 7.10. The molecule has 0 aromatic carbocycles. The standard InChI is InChI=1S/C11H15NO4S/c13-6-7(14)5-12-3-1-9-8(2-4-17-9)10(12)11(15)16/h2,4,7,10,13-14H,1,3,5-6H2,(H,15,16). The summed E-state index contributed by atoms with van der Waals surface area (Å²) in [5, 5.41) is 29.4. The van der Waals surface area contributed by atoms with Crippen LogP contribution in [0.2, 0.25) is 0 Å². The molecule has 0 aliphatic carbocycles. The van der Waals surface area contributed by atoms with Gasteiger partial charge in [-0.1, -0.05) is 0 Å². The van der Waals surface area contributed by atoms with E-state index in [2.05, 4.69) is 0 Å². The number of aliphatic hydroxyl groups excluding tert-OH is 2. The van der Waals surface area contributed by atoms with Crippen LogP contribution in [0.4, 0.5) is 0 Å². The fourth-order valence-electron chi connectivity index (χ4n) is 2.18. The number of β-amino-alcohol motifs (C(OH)–C–C–N with tert-alkyl or cyclic N) is 1. The Hall–Kier alpha value is -0.950. The summed E-state index contributed by atoms with van der Waals surface area (Å²) in [5.74, 6) is -0.908. The molecule has 1 aromatic rings. The molecule has 0 radical (unpaired) electrons. The number of thiophene rings is 1. The van der Waals surface area contributed by atoms with Crippen LogP contribution in [0.15, 0.2) is 11.4 Å². The number of hydrogen-bond acceptors (Lipinski definition) is 5. The molecule has 5 nitrogen and oxygen atoms in total. The van der Waals surface area contributed by atoms with Crippen LogP contribution < -0.4 is 0 Å². The van der Waals surface area contributed by atoms with E-state index in [4.69, 9.17) is 5.11 Å². The highest BCUT2D eigenvalue weighted by Gasteiger charge is 2.34. The zero-order valence-corrected chi connectivity index (χ0v) is 10.1. The number of aliphatic carboxylic acids is 1. The number of fused-ring (bicyclic) bond motifs is 1. The van der Waals surface area contributed by atoms with E-state index in [9.17, 15) is 15.0 Å². The number of aliphatic hydroxyl groups is 2. The molecule has 1 aliphatic heterocycles. The molecule has 6 heteroatoms. The van der Waals surface area contributed by atoms with E-state index in [-0.39, 0.29) is 13.2 Å². The first-order chi connectivity index (χ1) is 8.13. The highest BCUT2D eigenvalue weighted by Crippen LogP contribution is 2.33. The predicted molar refractivity (Wildman–Crippen MR) is 63.1 cm³/mol. The van der Waals surface area contributed by atoms with Gasteiger partial charge in [0.15, 0.2) is 0 Å². The van der Waals surface area contributed by atoms with Gasteiger partial charge in [0.2, 0.25) is 0 Å². The first-order valence-electron chi connectivity index (χ1n) is 5.45. The minimum atomic E-state index is -0.908. The maximum absolute atomic E-state index is 11.3. The molecule has 0 saturated carbocycles. The van der Waals surface area contributed by atoms with Crippen LogP contribution in [0.1, 0.15) is 16.5 Å². The molecule has 0 spiro atoms. The molecule has 2 heterocycles. The van der Waals surface area contributed by atoms with Crippen LogP contribution in [0.3, 0.4) is 0 Å². The highest BCUT2D eigenvalue weighted by atomic mass is 32.1. The quantitative estimate of drug-likeness (QED) is 0.712. The minimum absolute atomic E-state index is 0.183. The molecule has 1 aromatic heterocycles. The lowest BCUT2D eigenvalue weighted by Crippen LogP contribution is -2.43. The van der Waals surface area contributed by atoms with E-state index in [0.29, 0.717) is 6.54 Å². The maximum atomic E-state index is 11.3. The SMILES string of the molecule is O=C(O)C1c2ccsc2CCN1CC(O)CO. The zero-order chi connectivity index (χ0) is 12.4. The topological polar surface area (TPSA) is 81.0 Å². The van der Waals surface area contributed by atoms with E-state index in [1.807, 2.05) is 11.4 Å². The van der Waals surface area contributed by atoms with Gasteiger partial charge < -0.3 is 15.3 Å². The molecule has 1 aliphatic rings. The van der Waals surface area contributed by atoms with Crippen LogP contribution in [0.25, 0.3) is 0 Å². The summed E-state index contributed by atoms with van der Waals surface area (Å²) in [6.45, 7) is 0.434.